The normalized spacial score (nSPS) is 21.1. The first-order valence-electron chi connectivity index (χ1n) is 7.65. The minimum Gasteiger partial charge on any atom is -0.510 e. The fourth-order valence-corrected chi connectivity index (χ4v) is 4.17. The zero-order valence-electron chi connectivity index (χ0n) is 13.8. The molecule has 2 aromatic carbocycles. The number of thioether (sulfide) groups is 1. The Labute approximate surface area is 141 Å². The van der Waals surface area contributed by atoms with Crippen LogP contribution in [0.1, 0.15) is 34.7 Å². The minimum atomic E-state index is -0.723. The zero-order valence-corrected chi connectivity index (χ0v) is 14.6. The quantitative estimate of drug-likeness (QED) is 0.838. The first-order valence-corrected chi connectivity index (χ1v) is 8.47. The van der Waals surface area contributed by atoms with E-state index >= 15 is 0 Å². The van der Waals surface area contributed by atoms with Crippen molar-refractivity contribution in [2.45, 2.75) is 32.4 Å². The summed E-state index contributed by atoms with van der Waals surface area (Å²) in [6.45, 7) is 7.97. The van der Waals surface area contributed by atoms with Gasteiger partial charge < -0.3 is 5.11 Å². The number of carbonyl (C=O) groups excluding carboxylic acids is 1. The van der Waals surface area contributed by atoms with Crippen LogP contribution in [0.25, 0.3) is 5.57 Å². The first-order chi connectivity index (χ1) is 10.8. The third-order valence-electron chi connectivity index (χ3n) is 4.62. The van der Waals surface area contributed by atoms with Crippen LogP contribution in [-0.2, 0) is 9.54 Å². The summed E-state index contributed by atoms with van der Waals surface area (Å²) in [5, 5.41) is 10.8. The van der Waals surface area contributed by atoms with Gasteiger partial charge in [0, 0.05) is 0 Å². The summed E-state index contributed by atoms with van der Waals surface area (Å²) < 4.78 is -0.723. The van der Waals surface area contributed by atoms with Crippen LogP contribution in [0.2, 0.25) is 0 Å². The van der Waals surface area contributed by atoms with Gasteiger partial charge in [-0.05, 0) is 55.5 Å². The van der Waals surface area contributed by atoms with Gasteiger partial charge in [0.1, 0.15) is 10.5 Å². The van der Waals surface area contributed by atoms with Gasteiger partial charge in [-0.3, -0.25) is 4.79 Å². The molecule has 0 bridgehead atoms. The highest BCUT2D eigenvalue weighted by atomic mass is 32.2. The molecule has 1 atom stereocenters. The predicted molar refractivity (Wildman–Crippen MR) is 96.6 cm³/mol. The number of aliphatic hydroxyl groups is 1. The molecule has 0 amide bonds. The van der Waals surface area contributed by atoms with Crippen LogP contribution in [-0.4, -0.2) is 10.2 Å². The van der Waals surface area contributed by atoms with Crippen LogP contribution < -0.4 is 0 Å². The SMILES string of the molecule is Cc1cc(C)c(C2=C(O)C(C)(c3ccccc3)SC2=O)cc1C. The number of hydrogen-bond acceptors (Lipinski definition) is 3. The molecule has 0 saturated carbocycles. The number of aliphatic hydroxyl groups excluding tert-OH is 1. The molecule has 0 radical (unpaired) electrons. The molecule has 1 unspecified atom stereocenters. The third-order valence-corrected chi connectivity index (χ3v) is 5.85. The molecule has 1 aliphatic rings. The largest absolute Gasteiger partial charge is 0.510 e. The number of rotatable bonds is 2. The monoisotopic (exact) mass is 324 g/mol. The molecule has 0 fully saturated rings. The van der Waals surface area contributed by atoms with Crippen molar-refractivity contribution in [1.29, 1.82) is 0 Å². The van der Waals surface area contributed by atoms with Crippen molar-refractivity contribution < 1.29 is 9.90 Å². The highest BCUT2D eigenvalue weighted by Gasteiger charge is 2.45. The molecule has 2 aromatic rings. The summed E-state index contributed by atoms with van der Waals surface area (Å²) in [5.41, 5.74) is 5.55. The molecular formula is C20H20O2S. The lowest BCUT2D eigenvalue weighted by Crippen LogP contribution is -2.17. The van der Waals surface area contributed by atoms with E-state index in [1.165, 1.54) is 17.3 Å². The molecular weight excluding hydrogens is 304 g/mol. The Morgan fingerprint density at radius 2 is 1.57 bits per heavy atom. The van der Waals surface area contributed by atoms with Gasteiger partial charge in [0.05, 0.1) is 5.57 Å². The maximum absolute atomic E-state index is 12.7. The Bertz CT molecular complexity index is 821. The van der Waals surface area contributed by atoms with Gasteiger partial charge in [-0.15, -0.1) is 0 Å². The average molecular weight is 324 g/mol. The van der Waals surface area contributed by atoms with Crippen molar-refractivity contribution in [2.24, 2.45) is 0 Å². The zero-order chi connectivity index (χ0) is 16.8. The summed E-state index contributed by atoms with van der Waals surface area (Å²) >= 11 is 1.19. The van der Waals surface area contributed by atoms with Crippen LogP contribution in [0.3, 0.4) is 0 Å². The van der Waals surface area contributed by atoms with Crippen LogP contribution in [0.5, 0.6) is 0 Å². The molecule has 0 aromatic heterocycles. The standard InChI is InChI=1S/C20H20O2S/c1-12-10-14(3)16(11-13(12)2)17-18(21)20(4,23-19(17)22)15-8-6-5-7-9-15/h5-11,21H,1-4H3. The third kappa shape index (κ3) is 2.49. The molecule has 3 rings (SSSR count). The van der Waals surface area contributed by atoms with E-state index in [9.17, 15) is 9.90 Å². The Hall–Kier alpha value is -2.00. The molecule has 1 aliphatic heterocycles. The Morgan fingerprint density at radius 3 is 2.22 bits per heavy atom. The van der Waals surface area contributed by atoms with E-state index in [1.54, 1.807) is 0 Å². The molecule has 0 spiro atoms. The Morgan fingerprint density at radius 1 is 0.957 bits per heavy atom. The van der Waals surface area contributed by atoms with Gasteiger partial charge in [-0.1, -0.05) is 54.2 Å². The second kappa shape index (κ2) is 5.57. The summed E-state index contributed by atoms with van der Waals surface area (Å²) in [6.07, 6.45) is 0. The molecule has 118 valence electrons. The number of aryl methyl sites for hydroxylation is 3. The molecule has 2 nitrogen and oxygen atoms in total. The van der Waals surface area contributed by atoms with Gasteiger partial charge in [-0.25, -0.2) is 0 Å². The van der Waals surface area contributed by atoms with E-state index in [0.717, 1.165) is 22.3 Å². The highest BCUT2D eigenvalue weighted by molar-refractivity contribution is 8.16. The van der Waals surface area contributed by atoms with Gasteiger partial charge in [0.2, 0.25) is 5.12 Å². The molecule has 23 heavy (non-hydrogen) atoms. The molecule has 0 aliphatic carbocycles. The number of benzene rings is 2. The second-order valence-corrected chi connectivity index (χ2v) is 7.66. The predicted octanol–water partition coefficient (Wildman–Crippen LogP) is 5.07. The first kappa shape index (κ1) is 15.9. The topological polar surface area (TPSA) is 37.3 Å². The van der Waals surface area contributed by atoms with Gasteiger partial charge in [-0.2, -0.15) is 0 Å². The fraction of sp³-hybridized carbons (Fsp3) is 0.250. The van der Waals surface area contributed by atoms with E-state index in [-0.39, 0.29) is 10.9 Å². The van der Waals surface area contributed by atoms with Gasteiger partial charge >= 0.3 is 0 Å². The van der Waals surface area contributed by atoms with Crippen LogP contribution in [0.4, 0.5) is 0 Å². The van der Waals surface area contributed by atoms with Crippen molar-refractivity contribution in [1.82, 2.24) is 0 Å². The summed E-state index contributed by atoms with van der Waals surface area (Å²) in [5.74, 6) is 0.157. The number of hydrogen-bond donors (Lipinski definition) is 1. The lowest BCUT2D eigenvalue weighted by atomic mass is 9.90. The van der Waals surface area contributed by atoms with E-state index in [1.807, 2.05) is 57.2 Å². The Balaban J connectivity index is 2.20. The molecule has 1 N–H and O–H groups in total. The van der Waals surface area contributed by atoms with Crippen molar-refractivity contribution >= 4 is 22.5 Å². The fourth-order valence-electron chi connectivity index (χ4n) is 3.04. The lowest BCUT2D eigenvalue weighted by molar-refractivity contribution is -0.106. The van der Waals surface area contributed by atoms with Gasteiger partial charge in [0.25, 0.3) is 0 Å². The highest BCUT2D eigenvalue weighted by Crippen LogP contribution is 2.52. The van der Waals surface area contributed by atoms with E-state index in [4.69, 9.17) is 0 Å². The summed E-state index contributed by atoms with van der Waals surface area (Å²) in [4.78, 5) is 12.7. The molecule has 1 heterocycles. The lowest BCUT2D eigenvalue weighted by Gasteiger charge is -2.23. The van der Waals surface area contributed by atoms with Crippen molar-refractivity contribution in [3.63, 3.8) is 0 Å². The van der Waals surface area contributed by atoms with Crippen molar-refractivity contribution in [3.05, 3.63) is 76.0 Å². The Kier molecular flexibility index (Phi) is 3.85. The van der Waals surface area contributed by atoms with E-state index in [0.29, 0.717) is 5.57 Å². The number of carbonyl (C=O) groups is 1. The van der Waals surface area contributed by atoms with E-state index in [2.05, 4.69) is 13.0 Å². The molecule has 0 saturated heterocycles. The van der Waals surface area contributed by atoms with Gasteiger partial charge in [0.15, 0.2) is 0 Å². The van der Waals surface area contributed by atoms with E-state index < -0.39 is 4.75 Å². The maximum Gasteiger partial charge on any atom is 0.224 e. The van der Waals surface area contributed by atoms with Crippen molar-refractivity contribution in [3.8, 4) is 0 Å². The smallest absolute Gasteiger partial charge is 0.224 e. The van der Waals surface area contributed by atoms with Crippen LogP contribution in [0, 0.1) is 20.8 Å². The summed E-state index contributed by atoms with van der Waals surface area (Å²) in [7, 11) is 0. The second-order valence-electron chi connectivity index (χ2n) is 6.26. The average Bonchev–Trinajstić information content (AvgIpc) is 2.75. The minimum absolute atomic E-state index is 0.0693. The van der Waals surface area contributed by atoms with Crippen LogP contribution in [0.15, 0.2) is 48.2 Å². The van der Waals surface area contributed by atoms with Crippen LogP contribution >= 0.6 is 11.8 Å². The summed E-state index contributed by atoms with van der Waals surface area (Å²) in [6, 6.07) is 13.8. The van der Waals surface area contributed by atoms with Crippen molar-refractivity contribution in [2.75, 3.05) is 0 Å². The maximum atomic E-state index is 12.7. The molecule has 3 heteroatoms.